The largest absolute Gasteiger partial charge is 0.465 e. The van der Waals surface area contributed by atoms with E-state index in [-0.39, 0.29) is 35.7 Å². The zero-order valence-electron chi connectivity index (χ0n) is 23.1. The van der Waals surface area contributed by atoms with Crippen molar-refractivity contribution in [1.29, 1.82) is 0 Å². The highest BCUT2D eigenvalue weighted by atomic mass is 35.5. The van der Waals surface area contributed by atoms with Gasteiger partial charge in [0, 0.05) is 61.2 Å². The molecule has 0 spiro atoms. The number of rotatable bonds is 9. The zero-order chi connectivity index (χ0) is 28.7. The standard InChI is InChI=1S/C31H32ClF2N3O4/c1-3-36-16-22(30(38)39-2)21-10-9-20(15-26(21)36)37-13-11-31(34,12-14-37)18-40-17-23-28(35-41-29(23)19-7-8-19)27-24(32)5-4-6-25(27)33/h4-6,9-10,15-16,19H,3,7-8,11-14,17-18H2,1-2H3. The molecule has 10 heteroatoms. The molecular weight excluding hydrogens is 552 g/mol. The van der Waals surface area contributed by atoms with Gasteiger partial charge in [-0.05, 0) is 50.1 Å². The number of carbonyl (C=O) groups excluding carboxylic acids is 1. The zero-order valence-corrected chi connectivity index (χ0v) is 23.8. The lowest BCUT2D eigenvalue weighted by Crippen LogP contribution is -2.44. The quantitative estimate of drug-likeness (QED) is 0.193. The minimum Gasteiger partial charge on any atom is -0.465 e. The van der Waals surface area contributed by atoms with E-state index in [1.807, 2.05) is 35.9 Å². The highest BCUT2D eigenvalue weighted by Crippen LogP contribution is 2.45. The average Bonchev–Trinajstić information content (AvgIpc) is 3.63. The third-order valence-corrected chi connectivity index (χ3v) is 8.52. The van der Waals surface area contributed by atoms with Crippen LogP contribution >= 0.6 is 11.6 Å². The summed E-state index contributed by atoms with van der Waals surface area (Å²) in [6.07, 6.45) is 4.36. The molecule has 3 heterocycles. The van der Waals surface area contributed by atoms with Crippen LogP contribution in [0.25, 0.3) is 22.2 Å². The fourth-order valence-corrected chi connectivity index (χ4v) is 5.96. The summed E-state index contributed by atoms with van der Waals surface area (Å²) in [5.74, 6) is 0.0341. The molecule has 216 valence electrons. The number of methoxy groups -OCH3 is 1. The summed E-state index contributed by atoms with van der Waals surface area (Å²) in [5, 5.41) is 5.21. The minimum absolute atomic E-state index is 0.0674. The van der Waals surface area contributed by atoms with Crippen molar-refractivity contribution in [2.24, 2.45) is 0 Å². The maximum absolute atomic E-state index is 15.9. The van der Waals surface area contributed by atoms with Gasteiger partial charge in [0.15, 0.2) is 0 Å². The van der Waals surface area contributed by atoms with Gasteiger partial charge < -0.3 is 23.5 Å². The van der Waals surface area contributed by atoms with Crippen molar-refractivity contribution < 1.29 is 27.6 Å². The second kappa shape index (κ2) is 11.1. The van der Waals surface area contributed by atoms with Gasteiger partial charge in [0.2, 0.25) is 0 Å². The number of aryl methyl sites for hydroxylation is 1. The van der Waals surface area contributed by atoms with Crippen LogP contribution in [0.15, 0.2) is 47.1 Å². The van der Waals surface area contributed by atoms with Crippen molar-refractivity contribution in [2.45, 2.75) is 57.3 Å². The highest BCUT2D eigenvalue weighted by Gasteiger charge is 2.37. The number of aromatic nitrogens is 2. The van der Waals surface area contributed by atoms with Crippen LogP contribution in [0.2, 0.25) is 5.02 Å². The molecule has 4 aromatic rings. The molecule has 0 radical (unpaired) electrons. The Kier molecular flexibility index (Phi) is 7.50. The van der Waals surface area contributed by atoms with Crippen molar-refractivity contribution in [1.82, 2.24) is 9.72 Å². The number of halogens is 3. The third-order valence-electron chi connectivity index (χ3n) is 8.21. The minimum atomic E-state index is -1.49. The Morgan fingerprint density at radius 2 is 2.00 bits per heavy atom. The first kappa shape index (κ1) is 27.7. The highest BCUT2D eigenvalue weighted by molar-refractivity contribution is 6.33. The fourth-order valence-electron chi connectivity index (χ4n) is 5.71. The van der Waals surface area contributed by atoms with Gasteiger partial charge >= 0.3 is 5.97 Å². The number of anilines is 1. The maximum Gasteiger partial charge on any atom is 0.340 e. The normalized spacial score (nSPS) is 16.9. The molecule has 0 unspecified atom stereocenters. The summed E-state index contributed by atoms with van der Waals surface area (Å²) in [6.45, 7) is 3.77. The van der Waals surface area contributed by atoms with Crippen LogP contribution in [0.3, 0.4) is 0 Å². The summed E-state index contributed by atoms with van der Waals surface area (Å²) < 4.78 is 49.1. The number of alkyl halides is 1. The van der Waals surface area contributed by atoms with E-state index in [0.717, 1.165) is 29.4 Å². The predicted molar refractivity (Wildman–Crippen MR) is 153 cm³/mol. The predicted octanol–water partition coefficient (Wildman–Crippen LogP) is 7.30. The van der Waals surface area contributed by atoms with Crippen LogP contribution in [-0.2, 0) is 22.6 Å². The summed E-state index contributed by atoms with van der Waals surface area (Å²) in [4.78, 5) is 14.4. The number of hydrogen-bond donors (Lipinski definition) is 0. The summed E-state index contributed by atoms with van der Waals surface area (Å²) in [6, 6.07) is 10.4. The molecule has 0 atom stereocenters. The number of piperidine rings is 1. The van der Waals surface area contributed by atoms with Gasteiger partial charge in [-0.1, -0.05) is 22.8 Å². The molecule has 1 aliphatic heterocycles. The average molecular weight is 584 g/mol. The molecule has 1 saturated carbocycles. The monoisotopic (exact) mass is 583 g/mol. The molecule has 1 aliphatic carbocycles. The molecule has 0 amide bonds. The van der Waals surface area contributed by atoms with E-state index in [0.29, 0.717) is 55.1 Å². The fraction of sp³-hybridized carbons (Fsp3) is 0.419. The number of hydrogen-bond acceptors (Lipinski definition) is 6. The van der Waals surface area contributed by atoms with Crippen LogP contribution in [0, 0.1) is 5.82 Å². The van der Waals surface area contributed by atoms with Crippen LogP contribution in [-0.4, -0.2) is 48.2 Å². The van der Waals surface area contributed by atoms with Crippen LogP contribution in [0.4, 0.5) is 14.5 Å². The second-order valence-electron chi connectivity index (χ2n) is 10.9. The lowest BCUT2D eigenvalue weighted by molar-refractivity contribution is -0.00757. The molecule has 7 nitrogen and oxygen atoms in total. The van der Waals surface area contributed by atoms with Gasteiger partial charge in [-0.15, -0.1) is 0 Å². The smallest absolute Gasteiger partial charge is 0.340 e. The molecule has 2 fully saturated rings. The van der Waals surface area contributed by atoms with Crippen molar-refractivity contribution in [3.05, 3.63) is 70.3 Å². The van der Waals surface area contributed by atoms with E-state index in [1.54, 1.807) is 6.07 Å². The van der Waals surface area contributed by atoms with Crippen LogP contribution < -0.4 is 4.90 Å². The maximum atomic E-state index is 15.9. The Hall–Kier alpha value is -3.43. The Bertz CT molecular complexity index is 1570. The van der Waals surface area contributed by atoms with Gasteiger partial charge in [-0.2, -0.15) is 0 Å². The Balaban J connectivity index is 1.13. The van der Waals surface area contributed by atoms with E-state index in [2.05, 4.69) is 10.1 Å². The summed E-state index contributed by atoms with van der Waals surface area (Å²) >= 11 is 6.30. The van der Waals surface area contributed by atoms with Crippen molar-refractivity contribution in [3.63, 3.8) is 0 Å². The van der Waals surface area contributed by atoms with Crippen LogP contribution in [0.5, 0.6) is 0 Å². The molecule has 0 bridgehead atoms. The molecule has 2 aromatic carbocycles. The molecule has 6 rings (SSSR count). The van der Waals surface area contributed by atoms with Gasteiger partial charge in [-0.25, -0.2) is 13.6 Å². The molecular formula is C31H32ClF2N3O4. The first-order valence-electron chi connectivity index (χ1n) is 14.0. The van der Waals surface area contributed by atoms with E-state index in [1.165, 1.54) is 19.2 Å². The molecule has 41 heavy (non-hydrogen) atoms. The van der Waals surface area contributed by atoms with Crippen molar-refractivity contribution in [2.75, 3.05) is 31.7 Å². The van der Waals surface area contributed by atoms with E-state index >= 15 is 4.39 Å². The molecule has 2 aliphatic rings. The van der Waals surface area contributed by atoms with E-state index < -0.39 is 11.5 Å². The Morgan fingerprint density at radius 3 is 2.68 bits per heavy atom. The number of benzene rings is 2. The number of fused-ring (bicyclic) bond motifs is 1. The Labute approximate surface area is 241 Å². The van der Waals surface area contributed by atoms with Crippen molar-refractivity contribution in [3.8, 4) is 11.3 Å². The van der Waals surface area contributed by atoms with Gasteiger partial charge in [0.1, 0.15) is 22.9 Å². The Morgan fingerprint density at radius 1 is 1.22 bits per heavy atom. The number of carbonyl (C=O) groups is 1. The van der Waals surface area contributed by atoms with Crippen molar-refractivity contribution >= 4 is 34.2 Å². The van der Waals surface area contributed by atoms with Gasteiger partial charge in [-0.3, -0.25) is 0 Å². The van der Waals surface area contributed by atoms with Gasteiger partial charge in [0.25, 0.3) is 0 Å². The third kappa shape index (κ3) is 5.33. The summed E-state index contributed by atoms with van der Waals surface area (Å²) in [7, 11) is 1.38. The van der Waals surface area contributed by atoms with Gasteiger partial charge in [0.05, 0.1) is 42.0 Å². The number of esters is 1. The van der Waals surface area contributed by atoms with E-state index in [4.69, 9.17) is 25.6 Å². The lowest BCUT2D eigenvalue weighted by atomic mass is 9.93. The molecule has 1 saturated heterocycles. The lowest BCUT2D eigenvalue weighted by Gasteiger charge is -2.37. The van der Waals surface area contributed by atoms with E-state index in [9.17, 15) is 9.18 Å². The number of nitrogens with zero attached hydrogens (tertiary/aromatic N) is 3. The molecule has 2 aromatic heterocycles. The first-order valence-corrected chi connectivity index (χ1v) is 14.4. The number of ether oxygens (including phenoxy) is 2. The SMILES string of the molecule is CCn1cc(C(=O)OC)c2ccc(N3CCC(F)(COCc4c(-c5c(F)cccc5Cl)noc4C4CC4)CC3)cc21. The second-order valence-corrected chi connectivity index (χ2v) is 11.3. The topological polar surface area (TPSA) is 69.7 Å². The molecule has 0 N–H and O–H groups in total. The summed E-state index contributed by atoms with van der Waals surface area (Å²) in [5.41, 5.74) is 2.10. The first-order chi connectivity index (χ1) is 19.8. The van der Waals surface area contributed by atoms with Crippen LogP contribution in [0.1, 0.15) is 60.2 Å².